The molecule has 0 saturated carbocycles. The molecule has 0 spiro atoms. The maximum atomic E-state index is 10.4. The second kappa shape index (κ2) is 3.84. The maximum Gasteiger partial charge on any atom is 0.269 e. The Balaban J connectivity index is 3.04. The van der Waals surface area contributed by atoms with Gasteiger partial charge in [0.05, 0.1) is 4.92 Å². The molecule has 0 bridgehead atoms. The minimum atomic E-state index is -0.393. The summed E-state index contributed by atoms with van der Waals surface area (Å²) in [6.07, 6.45) is 0. The Labute approximate surface area is 84.1 Å². The molecule has 1 aromatic carbocycles. The van der Waals surface area contributed by atoms with E-state index in [2.05, 4.69) is 28.7 Å². The average Bonchev–Trinajstić information content (AvgIpc) is 2.04. The summed E-state index contributed by atoms with van der Waals surface area (Å²) in [7, 11) is 0. The highest BCUT2D eigenvalue weighted by molar-refractivity contribution is 14.1. The van der Waals surface area contributed by atoms with Crippen molar-refractivity contribution < 1.29 is 4.92 Å². The van der Waals surface area contributed by atoms with E-state index in [0.717, 1.165) is 5.56 Å². The number of nitro benzene ring substituents is 1. The first-order valence-electron chi connectivity index (χ1n) is 3.41. The van der Waals surface area contributed by atoms with Crippen LogP contribution in [0.3, 0.4) is 0 Å². The molecular weight excluding hydrogens is 269 g/mol. The molecule has 0 saturated heterocycles. The number of halogens is 1. The van der Waals surface area contributed by atoms with Gasteiger partial charge in [0.1, 0.15) is 0 Å². The summed E-state index contributed by atoms with van der Waals surface area (Å²) in [6, 6.07) is 7.54. The molecule has 0 amide bonds. The zero-order chi connectivity index (χ0) is 9.14. The lowest BCUT2D eigenvalue weighted by Gasteiger charge is -2.00. The van der Waals surface area contributed by atoms with E-state index in [1.54, 1.807) is 12.1 Å². The van der Waals surface area contributed by atoms with E-state index >= 15 is 0 Å². The van der Waals surface area contributed by atoms with Gasteiger partial charge in [-0.3, -0.25) is 10.1 Å². The van der Waals surface area contributed by atoms with Gasteiger partial charge < -0.3 is 0 Å². The maximum absolute atomic E-state index is 10.4. The topological polar surface area (TPSA) is 43.1 Å². The van der Waals surface area contributed by atoms with Gasteiger partial charge in [0.25, 0.3) is 5.69 Å². The first-order valence-corrected chi connectivity index (χ1v) is 4.66. The van der Waals surface area contributed by atoms with Crippen LogP contribution in [0.15, 0.2) is 18.2 Å². The fraction of sp³-hybridized carbons (Fsp3) is 0.250. The van der Waals surface area contributed by atoms with Crippen molar-refractivity contribution in [3.63, 3.8) is 0 Å². The van der Waals surface area contributed by atoms with E-state index in [4.69, 9.17) is 0 Å². The molecule has 0 aliphatic heterocycles. The molecule has 1 rings (SSSR count). The molecule has 0 aliphatic rings. The number of rotatable bonds is 2. The van der Waals surface area contributed by atoms with E-state index in [1.807, 2.05) is 6.92 Å². The van der Waals surface area contributed by atoms with Gasteiger partial charge in [-0.2, -0.15) is 0 Å². The van der Waals surface area contributed by atoms with Crippen LogP contribution < -0.4 is 0 Å². The van der Waals surface area contributed by atoms with E-state index in [-0.39, 0.29) is 9.61 Å². The van der Waals surface area contributed by atoms with E-state index < -0.39 is 4.92 Å². The molecule has 1 unspecified atom stereocenters. The van der Waals surface area contributed by atoms with Crippen molar-refractivity contribution in [2.75, 3.05) is 0 Å². The third-order valence-electron chi connectivity index (χ3n) is 1.45. The van der Waals surface area contributed by atoms with Crippen molar-refractivity contribution in [3.8, 4) is 0 Å². The van der Waals surface area contributed by atoms with Gasteiger partial charge in [0, 0.05) is 16.1 Å². The number of non-ortho nitro benzene ring substituents is 1. The summed E-state index contributed by atoms with van der Waals surface area (Å²) < 4.78 is 0.252. The van der Waals surface area contributed by atoms with Gasteiger partial charge in [-0.05, 0) is 24.6 Å². The zero-order valence-electron chi connectivity index (χ0n) is 6.45. The predicted molar refractivity (Wildman–Crippen MR) is 54.4 cm³/mol. The highest BCUT2D eigenvalue weighted by atomic mass is 127. The fourth-order valence-electron chi connectivity index (χ4n) is 0.816. The van der Waals surface area contributed by atoms with Gasteiger partial charge in [0.15, 0.2) is 0 Å². The van der Waals surface area contributed by atoms with Crippen molar-refractivity contribution in [2.24, 2.45) is 0 Å². The Morgan fingerprint density at radius 2 is 2.42 bits per heavy atom. The fourth-order valence-corrected chi connectivity index (χ4v) is 1.18. The summed E-state index contributed by atoms with van der Waals surface area (Å²) >= 11 is 2.19. The first-order chi connectivity index (χ1) is 5.61. The van der Waals surface area contributed by atoms with Gasteiger partial charge in [0.2, 0.25) is 0 Å². The third-order valence-corrected chi connectivity index (χ3v) is 2.12. The monoisotopic (exact) mass is 276 g/mol. The Morgan fingerprint density at radius 1 is 1.75 bits per heavy atom. The standard InChI is InChI=1S/C8H7INO2/c1-6(9)7-3-2-4-8(5-7)10(11)12/h2,4-6H,1H3. The second-order valence-corrected chi connectivity index (χ2v) is 4.24. The average molecular weight is 276 g/mol. The molecule has 3 nitrogen and oxygen atoms in total. The van der Waals surface area contributed by atoms with Crippen LogP contribution in [0, 0.1) is 16.2 Å². The molecule has 0 heterocycles. The number of benzene rings is 1. The van der Waals surface area contributed by atoms with Crippen LogP contribution in [-0.4, -0.2) is 4.92 Å². The van der Waals surface area contributed by atoms with E-state index in [9.17, 15) is 10.1 Å². The lowest BCUT2D eigenvalue weighted by Crippen LogP contribution is -1.90. The molecule has 12 heavy (non-hydrogen) atoms. The Bertz CT molecular complexity index is 299. The van der Waals surface area contributed by atoms with Crippen LogP contribution in [0.2, 0.25) is 0 Å². The Kier molecular flexibility index (Phi) is 3.02. The number of nitro groups is 1. The van der Waals surface area contributed by atoms with E-state index in [0.29, 0.717) is 0 Å². The molecule has 1 atom stereocenters. The van der Waals surface area contributed by atoms with Crippen molar-refractivity contribution >= 4 is 28.3 Å². The normalized spacial score (nSPS) is 12.5. The van der Waals surface area contributed by atoms with Gasteiger partial charge in [-0.1, -0.05) is 22.6 Å². The largest absolute Gasteiger partial charge is 0.269 e. The van der Waals surface area contributed by atoms with Gasteiger partial charge >= 0.3 is 0 Å². The molecule has 0 aliphatic carbocycles. The van der Waals surface area contributed by atoms with Crippen LogP contribution in [0.5, 0.6) is 0 Å². The smallest absolute Gasteiger partial charge is 0.258 e. The van der Waals surface area contributed by atoms with Gasteiger partial charge in [-0.15, -0.1) is 0 Å². The van der Waals surface area contributed by atoms with Crippen LogP contribution in [0.4, 0.5) is 5.69 Å². The number of hydrogen-bond donors (Lipinski definition) is 0. The predicted octanol–water partition coefficient (Wildman–Crippen LogP) is 2.89. The molecule has 0 N–H and O–H groups in total. The summed E-state index contributed by atoms with van der Waals surface area (Å²) in [4.78, 5) is 9.97. The molecule has 0 aromatic heterocycles. The minimum absolute atomic E-state index is 0.132. The molecule has 63 valence electrons. The minimum Gasteiger partial charge on any atom is -0.258 e. The number of alkyl halides is 1. The van der Waals surface area contributed by atoms with Gasteiger partial charge in [-0.25, -0.2) is 0 Å². The van der Waals surface area contributed by atoms with Crippen LogP contribution in [0.1, 0.15) is 16.4 Å². The molecule has 1 aromatic rings. The quantitative estimate of drug-likeness (QED) is 0.361. The summed E-state index contributed by atoms with van der Waals surface area (Å²) in [6.45, 7) is 1.97. The SMILES string of the molecule is CC(I)c1[c]ccc([N+](=O)[O-])c1. The van der Waals surface area contributed by atoms with Crippen molar-refractivity contribution in [2.45, 2.75) is 10.8 Å². The second-order valence-electron chi connectivity index (χ2n) is 2.38. The van der Waals surface area contributed by atoms with Crippen LogP contribution >= 0.6 is 22.6 Å². The highest BCUT2D eigenvalue weighted by Gasteiger charge is 2.07. The molecule has 0 fully saturated rings. The molecular formula is C8H7INO2. The summed E-state index contributed by atoms with van der Waals surface area (Å²) in [5.74, 6) is 0. The van der Waals surface area contributed by atoms with E-state index in [1.165, 1.54) is 6.07 Å². The third kappa shape index (κ3) is 2.17. The zero-order valence-corrected chi connectivity index (χ0v) is 8.61. The highest BCUT2D eigenvalue weighted by Crippen LogP contribution is 2.24. The number of hydrogen-bond acceptors (Lipinski definition) is 2. The Morgan fingerprint density at radius 3 is 2.92 bits per heavy atom. The first kappa shape index (κ1) is 9.44. The molecule has 1 radical (unpaired) electrons. The molecule has 4 heteroatoms. The summed E-state index contributed by atoms with van der Waals surface area (Å²) in [5.41, 5.74) is 0.997. The van der Waals surface area contributed by atoms with Crippen molar-refractivity contribution in [3.05, 3.63) is 39.9 Å². The Hall–Kier alpha value is -0.650. The van der Waals surface area contributed by atoms with Crippen LogP contribution in [0.25, 0.3) is 0 Å². The van der Waals surface area contributed by atoms with Crippen LogP contribution in [-0.2, 0) is 0 Å². The summed E-state index contributed by atoms with van der Waals surface area (Å²) in [5, 5.41) is 10.4. The number of nitrogens with zero attached hydrogens (tertiary/aromatic N) is 1. The van der Waals surface area contributed by atoms with Crippen molar-refractivity contribution in [1.82, 2.24) is 0 Å². The lowest BCUT2D eigenvalue weighted by atomic mass is 10.1. The van der Waals surface area contributed by atoms with Crippen molar-refractivity contribution in [1.29, 1.82) is 0 Å². The lowest BCUT2D eigenvalue weighted by molar-refractivity contribution is -0.384.